The highest BCUT2D eigenvalue weighted by atomic mass is 16.4. The van der Waals surface area contributed by atoms with E-state index in [0.717, 1.165) is 17.5 Å². The molecule has 4 heteroatoms. The highest BCUT2D eigenvalue weighted by molar-refractivity contribution is 5.96. The molecule has 0 aliphatic rings. The van der Waals surface area contributed by atoms with Gasteiger partial charge in [0.15, 0.2) is 0 Å². The number of carboxylic acid groups (broad SMARTS) is 1. The van der Waals surface area contributed by atoms with Gasteiger partial charge in [0.25, 0.3) is 5.91 Å². The van der Waals surface area contributed by atoms with Crippen molar-refractivity contribution in [3.8, 4) is 0 Å². The first kappa shape index (κ1) is 18.7. The number of carbonyl (C=O) groups excluding carboxylic acids is 1. The first-order valence-corrected chi connectivity index (χ1v) is 8.50. The molecule has 4 nitrogen and oxygen atoms in total. The lowest BCUT2D eigenvalue weighted by atomic mass is 10.0. The molecule has 0 spiro atoms. The van der Waals surface area contributed by atoms with Crippen LogP contribution in [0.2, 0.25) is 0 Å². The van der Waals surface area contributed by atoms with E-state index in [4.69, 9.17) is 0 Å². The van der Waals surface area contributed by atoms with Crippen LogP contribution in [0.3, 0.4) is 0 Å². The van der Waals surface area contributed by atoms with Gasteiger partial charge in [-0.15, -0.1) is 0 Å². The summed E-state index contributed by atoms with van der Waals surface area (Å²) in [6.07, 6.45) is 1.94. The summed E-state index contributed by atoms with van der Waals surface area (Å²) >= 11 is 0. The minimum absolute atomic E-state index is 0.251. The van der Waals surface area contributed by atoms with E-state index < -0.39 is 12.0 Å². The SMILES string of the molecule is Cc1cc(C)cc(C(=O)N(C)C(CCCc2ccccc2)C(=O)O)c1. The maximum Gasteiger partial charge on any atom is 0.326 e. The topological polar surface area (TPSA) is 57.6 Å². The van der Waals surface area contributed by atoms with Crippen molar-refractivity contribution in [2.24, 2.45) is 0 Å². The molecule has 1 unspecified atom stereocenters. The Morgan fingerprint density at radius 1 is 1.04 bits per heavy atom. The maximum absolute atomic E-state index is 12.7. The summed E-state index contributed by atoms with van der Waals surface area (Å²) < 4.78 is 0. The highest BCUT2D eigenvalue weighted by Crippen LogP contribution is 2.16. The molecule has 0 bridgehead atoms. The molecule has 0 fully saturated rings. The third kappa shape index (κ3) is 5.18. The molecule has 0 saturated heterocycles. The van der Waals surface area contributed by atoms with E-state index in [-0.39, 0.29) is 5.91 Å². The van der Waals surface area contributed by atoms with Crippen LogP contribution >= 0.6 is 0 Å². The second-order valence-electron chi connectivity index (χ2n) is 6.52. The Labute approximate surface area is 149 Å². The lowest BCUT2D eigenvalue weighted by Crippen LogP contribution is -2.42. The molecular formula is C21H25NO3. The molecule has 132 valence electrons. The number of carbonyl (C=O) groups is 2. The largest absolute Gasteiger partial charge is 0.480 e. The summed E-state index contributed by atoms with van der Waals surface area (Å²) in [4.78, 5) is 25.7. The van der Waals surface area contributed by atoms with Crippen molar-refractivity contribution in [2.75, 3.05) is 7.05 Å². The third-order valence-electron chi connectivity index (χ3n) is 4.33. The Morgan fingerprint density at radius 2 is 1.64 bits per heavy atom. The Kier molecular flexibility index (Phi) is 6.34. The van der Waals surface area contributed by atoms with Crippen molar-refractivity contribution in [1.82, 2.24) is 4.90 Å². The van der Waals surface area contributed by atoms with Gasteiger partial charge in [-0.3, -0.25) is 4.79 Å². The molecule has 0 radical (unpaired) electrons. The lowest BCUT2D eigenvalue weighted by Gasteiger charge is -2.25. The summed E-state index contributed by atoms with van der Waals surface area (Å²) in [7, 11) is 1.57. The maximum atomic E-state index is 12.7. The Hall–Kier alpha value is -2.62. The Morgan fingerprint density at radius 3 is 2.20 bits per heavy atom. The number of hydrogen-bond donors (Lipinski definition) is 1. The predicted molar refractivity (Wildman–Crippen MR) is 98.8 cm³/mol. The minimum Gasteiger partial charge on any atom is -0.480 e. The van der Waals surface area contributed by atoms with Gasteiger partial charge in [0.2, 0.25) is 0 Å². The fourth-order valence-corrected chi connectivity index (χ4v) is 3.07. The van der Waals surface area contributed by atoms with E-state index >= 15 is 0 Å². The highest BCUT2D eigenvalue weighted by Gasteiger charge is 2.27. The average Bonchev–Trinajstić information content (AvgIpc) is 2.57. The number of rotatable bonds is 7. The Bertz CT molecular complexity index is 720. The van der Waals surface area contributed by atoms with Crippen molar-refractivity contribution in [2.45, 2.75) is 39.2 Å². The number of nitrogens with zero attached hydrogens (tertiary/aromatic N) is 1. The van der Waals surface area contributed by atoms with Crippen LogP contribution in [0.25, 0.3) is 0 Å². The molecule has 2 aromatic carbocycles. The fourth-order valence-electron chi connectivity index (χ4n) is 3.07. The standard InChI is InChI=1S/C21H25NO3/c1-15-12-16(2)14-18(13-15)20(23)22(3)19(21(24)25)11-7-10-17-8-5-4-6-9-17/h4-6,8-9,12-14,19H,7,10-11H2,1-3H3,(H,24,25). The van der Waals surface area contributed by atoms with Gasteiger partial charge in [-0.2, -0.15) is 0 Å². The molecule has 0 aromatic heterocycles. The van der Waals surface area contributed by atoms with Crippen LogP contribution in [0.5, 0.6) is 0 Å². The van der Waals surface area contributed by atoms with Crippen molar-refractivity contribution in [1.29, 1.82) is 0 Å². The van der Waals surface area contributed by atoms with Crippen LogP contribution in [-0.2, 0) is 11.2 Å². The number of hydrogen-bond acceptors (Lipinski definition) is 2. The molecule has 2 rings (SSSR count). The number of aliphatic carboxylic acids is 1. The predicted octanol–water partition coefficient (Wildman–Crippen LogP) is 3.85. The van der Waals surface area contributed by atoms with Crippen molar-refractivity contribution >= 4 is 11.9 Å². The normalized spacial score (nSPS) is 11.8. The van der Waals surface area contributed by atoms with Gasteiger partial charge in [-0.05, 0) is 50.8 Å². The van der Waals surface area contributed by atoms with Crippen molar-refractivity contribution < 1.29 is 14.7 Å². The summed E-state index contributed by atoms with van der Waals surface area (Å²) in [6.45, 7) is 3.86. The molecule has 0 aliphatic carbocycles. The Balaban J connectivity index is 2.05. The molecule has 0 saturated carbocycles. The quantitative estimate of drug-likeness (QED) is 0.833. The molecule has 2 aromatic rings. The average molecular weight is 339 g/mol. The first-order valence-electron chi connectivity index (χ1n) is 8.50. The molecule has 1 amide bonds. The van der Waals surface area contributed by atoms with E-state index in [2.05, 4.69) is 0 Å². The van der Waals surface area contributed by atoms with E-state index in [1.807, 2.05) is 50.2 Å². The summed E-state index contributed by atoms with van der Waals surface area (Å²) in [5.74, 6) is -1.22. The first-order chi connectivity index (χ1) is 11.9. The van der Waals surface area contributed by atoms with Gasteiger partial charge in [-0.1, -0.05) is 47.5 Å². The van der Waals surface area contributed by atoms with Crippen LogP contribution in [0.1, 0.15) is 39.9 Å². The van der Waals surface area contributed by atoms with E-state index in [1.54, 1.807) is 19.2 Å². The number of carboxylic acids is 1. The molecule has 25 heavy (non-hydrogen) atoms. The summed E-state index contributed by atoms with van der Waals surface area (Å²) in [5.41, 5.74) is 3.70. The molecule has 1 N–H and O–H groups in total. The van der Waals surface area contributed by atoms with Gasteiger partial charge in [0.05, 0.1) is 0 Å². The van der Waals surface area contributed by atoms with Crippen molar-refractivity contribution in [3.05, 3.63) is 70.8 Å². The zero-order valence-electron chi connectivity index (χ0n) is 15.0. The number of benzene rings is 2. The van der Waals surface area contributed by atoms with Gasteiger partial charge in [0.1, 0.15) is 6.04 Å². The zero-order valence-corrected chi connectivity index (χ0v) is 15.0. The van der Waals surface area contributed by atoms with Crippen LogP contribution < -0.4 is 0 Å². The molecule has 0 aliphatic heterocycles. The zero-order chi connectivity index (χ0) is 18.4. The minimum atomic E-state index is -0.965. The molecule has 0 heterocycles. The van der Waals surface area contributed by atoms with Crippen LogP contribution in [0.15, 0.2) is 48.5 Å². The molecule has 1 atom stereocenters. The van der Waals surface area contributed by atoms with Crippen LogP contribution in [0.4, 0.5) is 0 Å². The van der Waals surface area contributed by atoms with Crippen molar-refractivity contribution in [3.63, 3.8) is 0 Å². The number of amides is 1. The van der Waals surface area contributed by atoms with E-state index in [0.29, 0.717) is 18.4 Å². The fraction of sp³-hybridized carbons (Fsp3) is 0.333. The van der Waals surface area contributed by atoms with Gasteiger partial charge >= 0.3 is 5.97 Å². The van der Waals surface area contributed by atoms with Crippen LogP contribution in [-0.4, -0.2) is 35.0 Å². The van der Waals surface area contributed by atoms with Gasteiger partial charge in [-0.25, -0.2) is 4.79 Å². The van der Waals surface area contributed by atoms with Gasteiger partial charge < -0.3 is 10.0 Å². The summed E-state index contributed by atoms with van der Waals surface area (Å²) in [6, 6.07) is 14.7. The lowest BCUT2D eigenvalue weighted by molar-refractivity contribution is -0.142. The second kappa shape index (κ2) is 8.47. The van der Waals surface area contributed by atoms with E-state index in [1.165, 1.54) is 10.5 Å². The van der Waals surface area contributed by atoms with Gasteiger partial charge in [0, 0.05) is 12.6 Å². The second-order valence-corrected chi connectivity index (χ2v) is 6.52. The monoisotopic (exact) mass is 339 g/mol. The summed E-state index contributed by atoms with van der Waals surface area (Å²) in [5, 5.41) is 9.55. The van der Waals surface area contributed by atoms with Crippen LogP contribution in [0, 0.1) is 13.8 Å². The number of aryl methyl sites for hydroxylation is 3. The third-order valence-corrected chi connectivity index (χ3v) is 4.33. The molecular weight excluding hydrogens is 314 g/mol. The smallest absolute Gasteiger partial charge is 0.326 e. The van der Waals surface area contributed by atoms with E-state index in [9.17, 15) is 14.7 Å². The number of likely N-dealkylation sites (N-methyl/N-ethyl adjacent to an activating group) is 1.